The summed E-state index contributed by atoms with van der Waals surface area (Å²) in [6, 6.07) is 7.69. The molecule has 0 bridgehead atoms. The van der Waals surface area contributed by atoms with Crippen molar-refractivity contribution in [1.82, 2.24) is 0 Å². The van der Waals surface area contributed by atoms with Gasteiger partial charge in [-0.1, -0.05) is 6.07 Å². The van der Waals surface area contributed by atoms with E-state index in [0.717, 1.165) is 16.9 Å². The van der Waals surface area contributed by atoms with Crippen LogP contribution in [0.1, 0.15) is 11.1 Å². The lowest BCUT2D eigenvalue weighted by atomic mass is 10.0. The molecule has 0 amide bonds. The van der Waals surface area contributed by atoms with Gasteiger partial charge in [-0.2, -0.15) is 5.26 Å². The average Bonchev–Trinajstić information content (AvgIpc) is 2.19. The van der Waals surface area contributed by atoms with Gasteiger partial charge >= 0.3 is 0 Å². The zero-order chi connectivity index (χ0) is 9.68. The molecule has 0 atom stereocenters. The van der Waals surface area contributed by atoms with E-state index in [1.54, 1.807) is 7.11 Å². The fourth-order valence-electron chi connectivity index (χ4n) is 1.18. The first-order chi connectivity index (χ1) is 6.31. The van der Waals surface area contributed by atoms with Gasteiger partial charge in [-0.15, -0.1) is 0 Å². The van der Waals surface area contributed by atoms with E-state index in [9.17, 15) is 0 Å². The van der Waals surface area contributed by atoms with Gasteiger partial charge in [0.05, 0.1) is 19.6 Å². The Balaban J connectivity index is 3.02. The molecule has 0 spiro atoms. The second-order valence-corrected chi connectivity index (χ2v) is 2.67. The lowest BCUT2D eigenvalue weighted by molar-refractivity contribution is 0.414. The van der Waals surface area contributed by atoms with Crippen molar-refractivity contribution in [3.05, 3.63) is 29.3 Å². The summed E-state index contributed by atoms with van der Waals surface area (Å²) in [6.45, 7) is 0.439. The molecule has 3 nitrogen and oxygen atoms in total. The molecule has 0 heterocycles. The Morgan fingerprint density at radius 1 is 1.46 bits per heavy atom. The number of ether oxygens (including phenoxy) is 1. The average molecular weight is 176 g/mol. The van der Waals surface area contributed by atoms with Gasteiger partial charge in [0, 0.05) is 6.54 Å². The Bertz CT molecular complexity index is 328. The lowest BCUT2D eigenvalue weighted by Gasteiger charge is -2.06. The van der Waals surface area contributed by atoms with Crippen molar-refractivity contribution in [2.45, 2.75) is 13.0 Å². The molecule has 0 saturated heterocycles. The lowest BCUT2D eigenvalue weighted by Crippen LogP contribution is -2.01. The number of nitrogens with zero attached hydrogens (tertiary/aromatic N) is 1. The Labute approximate surface area is 77.7 Å². The zero-order valence-electron chi connectivity index (χ0n) is 7.58. The molecule has 1 rings (SSSR count). The van der Waals surface area contributed by atoms with Crippen molar-refractivity contribution in [3.8, 4) is 11.8 Å². The molecular formula is C10H12N2O. The summed E-state index contributed by atoms with van der Waals surface area (Å²) in [5.41, 5.74) is 7.49. The smallest absolute Gasteiger partial charge is 0.119 e. The van der Waals surface area contributed by atoms with Gasteiger partial charge in [-0.25, -0.2) is 0 Å². The van der Waals surface area contributed by atoms with Crippen LogP contribution in [0.15, 0.2) is 18.2 Å². The molecule has 0 radical (unpaired) electrons. The number of nitrogens with two attached hydrogens (primary N) is 1. The summed E-state index contributed by atoms with van der Waals surface area (Å²) < 4.78 is 5.05. The van der Waals surface area contributed by atoms with Crippen molar-refractivity contribution in [2.24, 2.45) is 5.73 Å². The number of hydrogen-bond donors (Lipinski definition) is 1. The zero-order valence-corrected chi connectivity index (χ0v) is 7.58. The fraction of sp³-hybridized carbons (Fsp3) is 0.300. The monoisotopic (exact) mass is 176 g/mol. The minimum atomic E-state index is 0.399. The number of nitriles is 1. The van der Waals surface area contributed by atoms with Crippen molar-refractivity contribution in [1.29, 1.82) is 5.26 Å². The molecule has 1 aromatic rings. The van der Waals surface area contributed by atoms with E-state index in [0.29, 0.717) is 13.0 Å². The minimum absolute atomic E-state index is 0.399. The molecule has 0 fully saturated rings. The summed E-state index contributed by atoms with van der Waals surface area (Å²) in [6.07, 6.45) is 0.399. The van der Waals surface area contributed by atoms with Crippen LogP contribution in [-0.4, -0.2) is 7.11 Å². The molecule has 3 heteroatoms. The molecule has 1 aromatic carbocycles. The Kier molecular flexibility index (Phi) is 3.30. The molecular weight excluding hydrogens is 164 g/mol. The van der Waals surface area contributed by atoms with Gasteiger partial charge in [0.2, 0.25) is 0 Å². The Morgan fingerprint density at radius 2 is 2.23 bits per heavy atom. The van der Waals surface area contributed by atoms with Crippen LogP contribution in [0.5, 0.6) is 5.75 Å². The second-order valence-electron chi connectivity index (χ2n) is 2.67. The van der Waals surface area contributed by atoms with E-state index in [-0.39, 0.29) is 0 Å². The van der Waals surface area contributed by atoms with Crippen LogP contribution >= 0.6 is 0 Å². The van der Waals surface area contributed by atoms with Crippen LogP contribution < -0.4 is 10.5 Å². The quantitative estimate of drug-likeness (QED) is 0.753. The normalized spacial score (nSPS) is 9.31. The maximum Gasteiger partial charge on any atom is 0.119 e. The number of methoxy groups -OCH3 is 1. The number of benzene rings is 1. The third kappa shape index (κ3) is 2.20. The molecule has 0 aromatic heterocycles. The standard InChI is InChI=1S/C10H12N2O/c1-13-10-3-2-8(4-5-11)9(6-10)7-12/h2-3,6H,4,7,12H2,1H3. The van der Waals surface area contributed by atoms with E-state index >= 15 is 0 Å². The SMILES string of the molecule is COc1ccc(CC#N)c(CN)c1. The van der Waals surface area contributed by atoms with Crippen molar-refractivity contribution in [3.63, 3.8) is 0 Å². The van der Waals surface area contributed by atoms with E-state index in [1.165, 1.54) is 0 Å². The fourth-order valence-corrected chi connectivity index (χ4v) is 1.18. The first-order valence-corrected chi connectivity index (χ1v) is 4.04. The van der Waals surface area contributed by atoms with E-state index in [4.69, 9.17) is 15.7 Å². The van der Waals surface area contributed by atoms with Gasteiger partial charge in [0.25, 0.3) is 0 Å². The number of hydrogen-bond acceptors (Lipinski definition) is 3. The summed E-state index contributed by atoms with van der Waals surface area (Å²) >= 11 is 0. The highest BCUT2D eigenvalue weighted by atomic mass is 16.5. The predicted molar refractivity (Wildman–Crippen MR) is 50.2 cm³/mol. The number of rotatable bonds is 3. The highest BCUT2D eigenvalue weighted by Crippen LogP contribution is 2.17. The highest BCUT2D eigenvalue weighted by Gasteiger charge is 2.01. The van der Waals surface area contributed by atoms with E-state index < -0.39 is 0 Å². The molecule has 68 valence electrons. The van der Waals surface area contributed by atoms with Crippen LogP contribution in [0.4, 0.5) is 0 Å². The maximum absolute atomic E-state index is 8.54. The summed E-state index contributed by atoms with van der Waals surface area (Å²) in [7, 11) is 1.61. The second kappa shape index (κ2) is 4.48. The van der Waals surface area contributed by atoms with Gasteiger partial charge < -0.3 is 10.5 Å². The largest absolute Gasteiger partial charge is 0.497 e. The summed E-state index contributed by atoms with van der Waals surface area (Å²) in [5, 5.41) is 8.54. The molecule has 0 unspecified atom stereocenters. The first kappa shape index (κ1) is 9.56. The Morgan fingerprint density at radius 3 is 2.77 bits per heavy atom. The van der Waals surface area contributed by atoms with Crippen LogP contribution in [0, 0.1) is 11.3 Å². The molecule has 0 saturated carbocycles. The van der Waals surface area contributed by atoms with E-state index in [1.807, 2.05) is 18.2 Å². The maximum atomic E-state index is 8.54. The van der Waals surface area contributed by atoms with Crippen LogP contribution in [0.3, 0.4) is 0 Å². The first-order valence-electron chi connectivity index (χ1n) is 4.04. The molecule has 2 N–H and O–H groups in total. The van der Waals surface area contributed by atoms with Gasteiger partial charge in [0.15, 0.2) is 0 Å². The third-order valence-corrected chi connectivity index (χ3v) is 1.90. The summed E-state index contributed by atoms with van der Waals surface area (Å²) in [5.74, 6) is 0.780. The van der Waals surface area contributed by atoms with Crippen molar-refractivity contribution < 1.29 is 4.74 Å². The minimum Gasteiger partial charge on any atom is -0.497 e. The molecule has 0 aliphatic rings. The van der Waals surface area contributed by atoms with Crippen molar-refractivity contribution in [2.75, 3.05) is 7.11 Å². The van der Waals surface area contributed by atoms with Gasteiger partial charge in [-0.3, -0.25) is 0 Å². The van der Waals surface area contributed by atoms with Crippen molar-refractivity contribution >= 4 is 0 Å². The van der Waals surface area contributed by atoms with E-state index in [2.05, 4.69) is 6.07 Å². The molecule has 0 aliphatic heterocycles. The van der Waals surface area contributed by atoms with Crippen LogP contribution in [0.25, 0.3) is 0 Å². The molecule has 0 aliphatic carbocycles. The Hall–Kier alpha value is -1.53. The topological polar surface area (TPSA) is 59.0 Å². The summed E-state index contributed by atoms with van der Waals surface area (Å²) in [4.78, 5) is 0. The van der Waals surface area contributed by atoms with Crippen LogP contribution in [0.2, 0.25) is 0 Å². The highest BCUT2D eigenvalue weighted by molar-refractivity contribution is 5.36. The third-order valence-electron chi connectivity index (χ3n) is 1.90. The molecule has 13 heavy (non-hydrogen) atoms. The van der Waals surface area contributed by atoms with Crippen LogP contribution in [-0.2, 0) is 13.0 Å². The van der Waals surface area contributed by atoms with Gasteiger partial charge in [0.1, 0.15) is 5.75 Å². The predicted octanol–water partition coefficient (Wildman–Crippen LogP) is 1.22. The van der Waals surface area contributed by atoms with Gasteiger partial charge in [-0.05, 0) is 23.3 Å².